The first-order chi connectivity index (χ1) is 13.3. The van der Waals surface area contributed by atoms with Gasteiger partial charge in [0.2, 0.25) is 10.0 Å². The first-order valence-corrected chi connectivity index (χ1v) is 11.0. The molecule has 0 radical (unpaired) electrons. The summed E-state index contributed by atoms with van der Waals surface area (Å²) in [5.41, 5.74) is 1.90. The van der Waals surface area contributed by atoms with Crippen molar-refractivity contribution < 1.29 is 17.6 Å². The molecule has 2 heterocycles. The van der Waals surface area contributed by atoms with Gasteiger partial charge in [0, 0.05) is 25.3 Å². The summed E-state index contributed by atoms with van der Waals surface area (Å²) in [6.07, 6.45) is 3.78. The molecule has 0 bridgehead atoms. The van der Waals surface area contributed by atoms with Crippen molar-refractivity contribution in [2.75, 3.05) is 13.1 Å². The normalized spacial score (nSPS) is 16.0. The molecule has 0 unspecified atom stereocenters. The van der Waals surface area contributed by atoms with Gasteiger partial charge in [-0.3, -0.25) is 4.79 Å². The van der Waals surface area contributed by atoms with E-state index in [1.165, 1.54) is 16.4 Å². The number of nitrogens with one attached hydrogen (secondary N) is 2. The number of rotatable bonds is 5. The SMILES string of the molecule is Cc1[nH]c(C(=O)NCc2ccc(F)cc2)c(C)c1S(=O)(=O)N1CCCCCC1. The smallest absolute Gasteiger partial charge is 0.268 e. The Morgan fingerprint density at radius 2 is 1.71 bits per heavy atom. The second-order valence-corrected chi connectivity index (χ2v) is 9.08. The number of carbonyl (C=O) groups is 1. The van der Waals surface area contributed by atoms with Crippen LogP contribution < -0.4 is 5.32 Å². The van der Waals surface area contributed by atoms with Gasteiger partial charge in [-0.2, -0.15) is 4.31 Å². The summed E-state index contributed by atoms with van der Waals surface area (Å²) in [6, 6.07) is 5.85. The number of sulfonamides is 1. The van der Waals surface area contributed by atoms with Crippen LogP contribution in [0.3, 0.4) is 0 Å². The second kappa shape index (κ2) is 8.45. The highest BCUT2D eigenvalue weighted by Crippen LogP contribution is 2.28. The average Bonchev–Trinajstić information content (AvgIpc) is 2.84. The monoisotopic (exact) mass is 407 g/mol. The van der Waals surface area contributed by atoms with E-state index in [9.17, 15) is 17.6 Å². The van der Waals surface area contributed by atoms with Crippen LogP contribution >= 0.6 is 0 Å². The largest absolute Gasteiger partial charge is 0.353 e. The first kappa shape index (κ1) is 20.5. The number of H-pyrrole nitrogens is 1. The Labute approximate surface area is 165 Å². The third kappa shape index (κ3) is 4.28. The molecule has 0 atom stereocenters. The van der Waals surface area contributed by atoms with Crippen molar-refractivity contribution in [1.29, 1.82) is 0 Å². The van der Waals surface area contributed by atoms with Gasteiger partial charge in [-0.15, -0.1) is 0 Å². The minimum Gasteiger partial charge on any atom is -0.353 e. The maximum Gasteiger partial charge on any atom is 0.268 e. The predicted molar refractivity (Wildman–Crippen MR) is 105 cm³/mol. The minimum atomic E-state index is -3.65. The topological polar surface area (TPSA) is 82.3 Å². The molecular weight excluding hydrogens is 381 g/mol. The summed E-state index contributed by atoms with van der Waals surface area (Å²) < 4.78 is 40.9. The highest BCUT2D eigenvalue weighted by molar-refractivity contribution is 7.89. The lowest BCUT2D eigenvalue weighted by Crippen LogP contribution is -2.32. The quantitative estimate of drug-likeness (QED) is 0.798. The molecule has 1 saturated heterocycles. The lowest BCUT2D eigenvalue weighted by atomic mass is 10.2. The Hall–Kier alpha value is -2.19. The number of halogens is 1. The Balaban J connectivity index is 1.80. The fourth-order valence-electron chi connectivity index (χ4n) is 3.63. The molecule has 1 fully saturated rings. The van der Waals surface area contributed by atoms with E-state index in [2.05, 4.69) is 10.3 Å². The maximum absolute atomic E-state index is 13.2. The van der Waals surface area contributed by atoms with E-state index in [0.717, 1.165) is 31.2 Å². The molecule has 1 aliphatic heterocycles. The van der Waals surface area contributed by atoms with E-state index >= 15 is 0 Å². The standard InChI is InChI=1S/C20H26FN3O3S/c1-14-18(20(25)22-13-16-7-9-17(21)10-8-16)23-15(2)19(14)28(26,27)24-11-5-3-4-6-12-24/h7-10,23H,3-6,11-13H2,1-2H3,(H,22,25). The zero-order valence-electron chi connectivity index (χ0n) is 16.2. The molecule has 1 aromatic heterocycles. The van der Waals surface area contributed by atoms with Crippen molar-refractivity contribution in [3.05, 3.63) is 52.6 Å². The van der Waals surface area contributed by atoms with Crippen LogP contribution in [0.2, 0.25) is 0 Å². The fraction of sp³-hybridized carbons (Fsp3) is 0.450. The van der Waals surface area contributed by atoms with Gasteiger partial charge < -0.3 is 10.3 Å². The number of benzene rings is 1. The summed E-state index contributed by atoms with van der Waals surface area (Å²) in [7, 11) is -3.65. The molecule has 0 saturated carbocycles. The van der Waals surface area contributed by atoms with Gasteiger partial charge in [-0.25, -0.2) is 12.8 Å². The van der Waals surface area contributed by atoms with E-state index in [1.807, 2.05) is 0 Å². The first-order valence-electron chi connectivity index (χ1n) is 9.52. The zero-order valence-corrected chi connectivity index (χ0v) is 17.0. The van der Waals surface area contributed by atoms with Crippen molar-refractivity contribution in [2.24, 2.45) is 0 Å². The van der Waals surface area contributed by atoms with E-state index in [0.29, 0.717) is 24.3 Å². The van der Waals surface area contributed by atoms with E-state index < -0.39 is 10.0 Å². The number of nitrogens with zero attached hydrogens (tertiary/aromatic N) is 1. The van der Waals surface area contributed by atoms with Gasteiger partial charge in [0.1, 0.15) is 16.4 Å². The number of aromatic nitrogens is 1. The number of hydrogen-bond acceptors (Lipinski definition) is 3. The summed E-state index contributed by atoms with van der Waals surface area (Å²) >= 11 is 0. The summed E-state index contributed by atoms with van der Waals surface area (Å²) in [4.78, 5) is 15.7. The summed E-state index contributed by atoms with van der Waals surface area (Å²) in [5, 5.41) is 2.76. The van der Waals surface area contributed by atoms with Crippen molar-refractivity contribution in [1.82, 2.24) is 14.6 Å². The molecule has 2 N–H and O–H groups in total. The second-order valence-electron chi connectivity index (χ2n) is 7.21. The van der Waals surface area contributed by atoms with Crippen LogP contribution in [-0.2, 0) is 16.6 Å². The minimum absolute atomic E-state index is 0.196. The van der Waals surface area contributed by atoms with Crippen LogP contribution in [-0.4, -0.2) is 36.7 Å². The third-order valence-electron chi connectivity index (χ3n) is 5.12. The Morgan fingerprint density at radius 3 is 2.32 bits per heavy atom. The molecule has 8 heteroatoms. The van der Waals surface area contributed by atoms with Crippen molar-refractivity contribution in [2.45, 2.75) is 51.0 Å². The molecule has 3 rings (SSSR count). The van der Waals surface area contributed by atoms with Crippen LogP contribution in [0.5, 0.6) is 0 Å². The Morgan fingerprint density at radius 1 is 1.11 bits per heavy atom. The van der Waals surface area contributed by atoms with E-state index in [1.54, 1.807) is 26.0 Å². The van der Waals surface area contributed by atoms with Gasteiger partial charge in [-0.1, -0.05) is 25.0 Å². The predicted octanol–water partition coefficient (Wildman–Crippen LogP) is 3.27. The summed E-state index contributed by atoms with van der Waals surface area (Å²) in [6.45, 7) is 4.58. The van der Waals surface area contributed by atoms with Gasteiger partial charge in [0.05, 0.1) is 0 Å². The number of aryl methyl sites for hydroxylation is 1. The van der Waals surface area contributed by atoms with Crippen LogP contribution in [0, 0.1) is 19.7 Å². The van der Waals surface area contributed by atoms with Crippen molar-refractivity contribution >= 4 is 15.9 Å². The molecule has 1 aromatic carbocycles. The van der Waals surface area contributed by atoms with Gasteiger partial charge in [0.15, 0.2) is 0 Å². The number of amides is 1. The molecule has 152 valence electrons. The third-order valence-corrected chi connectivity index (χ3v) is 7.30. The molecule has 2 aromatic rings. The molecule has 1 aliphatic rings. The Kier molecular flexibility index (Phi) is 6.20. The number of carbonyl (C=O) groups excluding carboxylic acids is 1. The lowest BCUT2D eigenvalue weighted by Gasteiger charge is -2.20. The summed E-state index contributed by atoms with van der Waals surface area (Å²) in [5.74, 6) is -0.725. The number of hydrogen-bond donors (Lipinski definition) is 2. The van der Waals surface area contributed by atoms with Crippen LogP contribution in [0.4, 0.5) is 4.39 Å². The van der Waals surface area contributed by atoms with E-state index in [4.69, 9.17) is 0 Å². The van der Waals surface area contributed by atoms with Crippen LogP contribution in [0.1, 0.15) is 53.0 Å². The molecule has 0 spiro atoms. The molecule has 28 heavy (non-hydrogen) atoms. The number of aromatic amines is 1. The highest BCUT2D eigenvalue weighted by Gasteiger charge is 2.31. The van der Waals surface area contributed by atoms with Crippen molar-refractivity contribution in [3.63, 3.8) is 0 Å². The molecule has 1 amide bonds. The Bertz CT molecular complexity index is 944. The fourth-order valence-corrected chi connectivity index (χ4v) is 5.55. The van der Waals surface area contributed by atoms with Crippen LogP contribution in [0.25, 0.3) is 0 Å². The van der Waals surface area contributed by atoms with Gasteiger partial charge >= 0.3 is 0 Å². The maximum atomic E-state index is 13.2. The molecular formula is C20H26FN3O3S. The zero-order chi connectivity index (χ0) is 20.3. The highest BCUT2D eigenvalue weighted by atomic mass is 32.2. The van der Waals surface area contributed by atoms with Gasteiger partial charge in [-0.05, 0) is 49.9 Å². The van der Waals surface area contributed by atoms with E-state index in [-0.39, 0.29) is 28.9 Å². The van der Waals surface area contributed by atoms with Gasteiger partial charge in [0.25, 0.3) is 5.91 Å². The molecule has 6 nitrogen and oxygen atoms in total. The van der Waals surface area contributed by atoms with Crippen LogP contribution in [0.15, 0.2) is 29.2 Å². The molecule has 0 aliphatic carbocycles. The van der Waals surface area contributed by atoms with Crippen molar-refractivity contribution in [3.8, 4) is 0 Å². The average molecular weight is 408 g/mol. The lowest BCUT2D eigenvalue weighted by molar-refractivity contribution is 0.0945.